The average Bonchev–Trinajstić information content (AvgIpc) is 2.70. The Morgan fingerprint density at radius 3 is 2.87 bits per heavy atom. The molecule has 0 atom stereocenters. The van der Waals surface area contributed by atoms with Crippen LogP contribution in [0, 0.1) is 5.82 Å². The van der Waals surface area contributed by atoms with Gasteiger partial charge in [-0.25, -0.2) is 9.07 Å². The summed E-state index contributed by atoms with van der Waals surface area (Å²) in [4.78, 5) is 0. The van der Waals surface area contributed by atoms with Gasteiger partial charge in [-0.2, -0.15) is 5.10 Å². The summed E-state index contributed by atoms with van der Waals surface area (Å²) in [6.45, 7) is 0. The van der Waals surface area contributed by atoms with Gasteiger partial charge in [-0.05, 0) is 18.2 Å². The van der Waals surface area contributed by atoms with Crippen molar-refractivity contribution >= 4 is 23.2 Å². The number of nitrogens with zero attached hydrogens (tertiary/aromatic N) is 2. The highest BCUT2D eigenvalue weighted by atomic mass is 35.5. The van der Waals surface area contributed by atoms with Crippen molar-refractivity contribution in [3.05, 3.63) is 47.0 Å². The average molecular weight is 245 g/mol. The van der Waals surface area contributed by atoms with E-state index in [4.69, 9.17) is 23.2 Å². The van der Waals surface area contributed by atoms with Crippen molar-refractivity contribution in [2.75, 3.05) is 0 Å². The summed E-state index contributed by atoms with van der Waals surface area (Å²) in [7, 11) is 0. The molecule has 0 fully saturated rings. The fourth-order valence-electron chi connectivity index (χ4n) is 1.30. The number of rotatable bonds is 2. The van der Waals surface area contributed by atoms with Gasteiger partial charge in [0.1, 0.15) is 5.69 Å². The molecule has 1 aromatic heterocycles. The van der Waals surface area contributed by atoms with Gasteiger partial charge in [-0.3, -0.25) is 0 Å². The Balaban J connectivity index is 2.59. The third-order valence-electron chi connectivity index (χ3n) is 2.02. The molecule has 0 aliphatic rings. The zero-order valence-corrected chi connectivity index (χ0v) is 9.13. The molecule has 2 aromatic rings. The number of hydrogen-bond donors (Lipinski definition) is 0. The molecular weight excluding hydrogens is 238 g/mol. The van der Waals surface area contributed by atoms with Gasteiger partial charge in [0.25, 0.3) is 0 Å². The van der Waals surface area contributed by atoms with E-state index in [1.807, 2.05) is 0 Å². The van der Waals surface area contributed by atoms with Gasteiger partial charge in [0.05, 0.1) is 16.6 Å². The van der Waals surface area contributed by atoms with E-state index in [0.717, 1.165) is 5.69 Å². The maximum absolute atomic E-state index is 13.6. The largest absolute Gasteiger partial charge is 0.234 e. The third kappa shape index (κ3) is 1.85. The highest BCUT2D eigenvalue weighted by molar-refractivity contribution is 6.30. The van der Waals surface area contributed by atoms with Crippen molar-refractivity contribution in [2.24, 2.45) is 0 Å². The van der Waals surface area contributed by atoms with Crippen LogP contribution < -0.4 is 0 Å². The van der Waals surface area contributed by atoms with E-state index < -0.39 is 5.82 Å². The summed E-state index contributed by atoms with van der Waals surface area (Å²) in [6, 6.07) is 6.49. The zero-order chi connectivity index (χ0) is 10.8. The fourth-order valence-corrected chi connectivity index (χ4v) is 1.68. The van der Waals surface area contributed by atoms with Crippen molar-refractivity contribution < 1.29 is 4.39 Å². The zero-order valence-electron chi connectivity index (χ0n) is 7.62. The predicted octanol–water partition coefficient (Wildman–Crippen LogP) is 3.40. The molecule has 0 spiro atoms. The van der Waals surface area contributed by atoms with E-state index >= 15 is 0 Å². The Bertz CT molecular complexity index is 482. The van der Waals surface area contributed by atoms with Gasteiger partial charge in [0, 0.05) is 6.20 Å². The van der Waals surface area contributed by atoms with Crippen molar-refractivity contribution in [1.29, 1.82) is 0 Å². The SMILES string of the molecule is Fc1c(Cl)cccc1-n1nccc1CCl. The van der Waals surface area contributed by atoms with E-state index in [2.05, 4.69) is 5.10 Å². The lowest BCUT2D eigenvalue weighted by molar-refractivity contribution is 0.608. The molecule has 0 bridgehead atoms. The predicted molar refractivity (Wildman–Crippen MR) is 58.1 cm³/mol. The van der Waals surface area contributed by atoms with Crippen LogP contribution in [-0.4, -0.2) is 9.78 Å². The van der Waals surface area contributed by atoms with Crippen LogP contribution in [0.3, 0.4) is 0 Å². The Hall–Kier alpha value is -1.06. The lowest BCUT2D eigenvalue weighted by Gasteiger charge is -2.07. The van der Waals surface area contributed by atoms with Crippen LogP contribution in [-0.2, 0) is 5.88 Å². The Labute approximate surface area is 96.2 Å². The molecule has 2 nitrogen and oxygen atoms in total. The van der Waals surface area contributed by atoms with Crippen LogP contribution in [0.5, 0.6) is 0 Å². The van der Waals surface area contributed by atoms with Gasteiger partial charge < -0.3 is 0 Å². The first kappa shape index (κ1) is 10.5. The quantitative estimate of drug-likeness (QED) is 0.741. The second kappa shape index (κ2) is 4.21. The maximum atomic E-state index is 13.6. The highest BCUT2D eigenvalue weighted by Crippen LogP contribution is 2.22. The molecule has 15 heavy (non-hydrogen) atoms. The molecular formula is C10H7Cl2FN2. The molecule has 0 radical (unpaired) electrons. The van der Waals surface area contributed by atoms with Crippen molar-refractivity contribution in [2.45, 2.75) is 5.88 Å². The lowest BCUT2D eigenvalue weighted by atomic mass is 10.3. The van der Waals surface area contributed by atoms with Crippen LogP contribution in [0.15, 0.2) is 30.5 Å². The van der Waals surface area contributed by atoms with Crippen LogP contribution in [0.25, 0.3) is 5.69 Å². The number of alkyl halides is 1. The summed E-state index contributed by atoms with van der Waals surface area (Å²) in [5.74, 6) is -0.222. The molecule has 0 saturated heterocycles. The maximum Gasteiger partial charge on any atom is 0.167 e. The molecule has 0 N–H and O–H groups in total. The number of aromatic nitrogens is 2. The Kier molecular flexibility index (Phi) is 2.93. The van der Waals surface area contributed by atoms with Crippen molar-refractivity contribution in [3.8, 4) is 5.69 Å². The van der Waals surface area contributed by atoms with Crippen molar-refractivity contribution in [1.82, 2.24) is 9.78 Å². The molecule has 0 unspecified atom stereocenters. The number of hydrogen-bond acceptors (Lipinski definition) is 1. The first-order chi connectivity index (χ1) is 7.24. The summed E-state index contributed by atoms with van der Waals surface area (Å²) >= 11 is 11.4. The van der Waals surface area contributed by atoms with E-state index in [1.165, 1.54) is 10.7 Å². The second-order valence-corrected chi connectivity index (χ2v) is 3.62. The first-order valence-corrected chi connectivity index (χ1v) is 5.18. The monoisotopic (exact) mass is 244 g/mol. The lowest BCUT2D eigenvalue weighted by Crippen LogP contribution is -2.03. The molecule has 2 rings (SSSR count). The summed E-state index contributed by atoms with van der Waals surface area (Å²) < 4.78 is 15.1. The second-order valence-electron chi connectivity index (χ2n) is 2.94. The van der Waals surface area contributed by atoms with Gasteiger partial charge in [0.15, 0.2) is 5.82 Å². The summed E-state index contributed by atoms with van der Waals surface area (Å²) in [5.41, 5.74) is 1.03. The molecule has 0 aliphatic carbocycles. The molecule has 1 aromatic carbocycles. The van der Waals surface area contributed by atoms with Gasteiger partial charge >= 0.3 is 0 Å². The summed E-state index contributed by atoms with van der Waals surface area (Å²) in [6.07, 6.45) is 1.57. The molecule has 1 heterocycles. The Morgan fingerprint density at radius 1 is 1.33 bits per heavy atom. The third-order valence-corrected chi connectivity index (χ3v) is 2.58. The summed E-state index contributed by atoms with van der Waals surface area (Å²) in [5, 5.41) is 4.07. The first-order valence-electron chi connectivity index (χ1n) is 4.27. The van der Waals surface area contributed by atoms with Crippen LogP contribution in [0.4, 0.5) is 4.39 Å². The number of benzene rings is 1. The van der Waals surface area contributed by atoms with Gasteiger partial charge in [-0.15, -0.1) is 11.6 Å². The van der Waals surface area contributed by atoms with Crippen LogP contribution in [0.1, 0.15) is 5.69 Å². The van der Waals surface area contributed by atoms with Crippen LogP contribution >= 0.6 is 23.2 Å². The fraction of sp³-hybridized carbons (Fsp3) is 0.100. The molecule has 78 valence electrons. The Morgan fingerprint density at radius 2 is 2.13 bits per heavy atom. The minimum atomic E-state index is -0.491. The molecule has 5 heteroatoms. The van der Waals surface area contributed by atoms with Gasteiger partial charge in [0.2, 0.25) is 0 Å². The normalized spacial score (nSPS) is 10.6. The van der Waals surface area contributed by atoms with E-state index in [9.17, 15) is 4.39 Å². The molecule has 0 saturated carbocycles. The van der Waals surface area contributed by atoms with Gasteiger partial charge in [-0.1, -0.05) is 17.7 Å². The topological polar surface area (TPSA) is 17.8 Å². The minimum Gasteiger partial charge on any atom is -0.234 e. The van der Waals surface area contributed by atoms with Crippen molar-refractivity contribution in [3.63, 3.8) is 0 Å². The van der Waals surface area contributed by atoms with E-state index in [0.29, 0.717) is 5.69 Å². The van der Waals surface area contributed by atoms with E-state index in [-0.39, 0.29) is 10.9 Å². The smallest absolute Gasteiger partial charge is 0.167 e. The van der Waals surface area contributed by atoms with Crippen LogP contribution in [0.2, 0.25) is 5.02 Å². The standard InChI is InChI=1S/C10H7Cl2FN2/c11-6-7-4-5-14-15(7)9-3-1-2-8(12)10(9)13/h1-5H,6H2. The molecule has 0 aliphatic heterocycles. The van der Waals surface area contributed by atoms with E-state index in [1.54, 1.807) is 24.4 Å². The minimum absolute atomic E-state index is 0.0727. The number of halogens is 3. The highest BCUT2D eigenvalue weighted by Gasteiger charge is 2.11. The molecule has 0 amide bonds.